The van der Waals surface area contributed by atoms with E-state index in [1.807, 2.05) is 36.4 Å². The largest absolute Gasteiger partial charge is 0.467 e. The van der Waals surface area contributed by atoms with Crippen LogP contribution in [0.4, 0.5) is 4.79 Å². The van der Waals surface area contributed by atoms with Crippen LogP contribution in [0, 0.1) is 0 Å². The van der Waals surface area contributed by atoms with Gasteiger partial charge >= 0.3 is 12.1 Å². The standard InChI is InChI=1S/C29H35N3O6/c1-29(2,3)38-28(36)32-17-11-16-24(32)26(34)30-22(18-20-12-7-5-8-13-20)25(33)31-23(27(35)37-4)19-21-14-9-6-10-15-21/h5-10,12-15,18,23-24H,11,16-17,19H2,1-4H3,(H,30,34)(H,31,33)/b22-18-/t23-,24-/m0/s1. The summed E-state index contributed by atoms with van der Waals surface area (Å²) in [5, 5.41) is 5.39. The van der Waals surface area contributed by atoms with Crippen molar-refractivity contribution in [1.29, 1.82) is 0 Å². The predicted octanol–water partition coefficient (Wildman–Crippen LogP) is 3.44. The van der Waals surface area contributed by atoms with E-state index >= 15 is 0 Å². The highest BCUT2D eigenvalue weighted by Gasteiger charge is 2.37. The van der Waals surface area contributed by atoms with E-state index in [4.69, 9.17) is 9.47 Å². The van der Waals surface area contributed by atoms with Gasteiger partial charge in [0.15, 0.2) is 0 Å². The van der Waals surface area contributed by atoms with E-state index in [0.29, 0.717) is 24.9 Å². The van der Waals surface area contributed by atoms with Gasteiger partial charge in [-0.1, -0.05) is 60.7 Å². The third-order valence-corrected chi connectivity index (χ3v) is 5.87. The van der Waals surface area contributed by atoms with Crippen LogP contribution < -0.4 is 10.6 Å². The van der Waals surface area contributed by atoms with Gasteiger partial charge in [0.05, 0.1) is 7.11 Å². The maximum absolute atomic E-state index is 13.4. The number of carbonyl (C=O) groups excluding carboxylic acids is 4. The molecular weight excluding hydrogens is 486 g/mol. The Morgan fingerprint density at radius 2 is 1.66 bits per heavy atom. The number of ether oxygens (including phenoxy) is 2. The van der Waals surface area contributed by atoms with E-state index < -0.39 is 41.6 Å². The molecule has 0 aromatic heterocycles. The fraction of sp³-hybridized carbons (Fsp3) is 0.379. The lowest BCUT2D eigenvalue weighted by Crippen LogP contribution is -2.50. The molecule has 1 saturated heterocycles. The van der Waals surface area contributed by atoms with Crippen molar-refractivity contribution in [3.63, 3.8) is 0 Å². The fourth-order valence-corrected chi connectivity index (χ4v) is 4.09. The zero-order valence-electron chi connectivity index (χ0n) is 22.2. The van der Waals surface area contributed by atoms with Crippen LogP contribution in [-0.4, -0.2) is 60.1 Å². The average Bonchev–Trinajstić information content (AvgIpc) is 3.38. The molecule has 2 atom stereocenters. The lowest BCUT2D eigenvalue weighted by atomic mass is 10.1. The smallest absolute Gasteiger partial charge is 0.410 e. The monoisotopic (exact) mass is 521 g/mol. The van der Waals surface area contributed by atoms with Crippen LogP contribution in [-0.2, 0) is 30.3 Å². The third kappa shape index (κ3) is 8.19. The van der Waals surface area contributed by atoms with Crippen molar-refractivity contribution < 1.29 is 28.7 Å². The molecule has 1 heterocycles. The van der Waals surface area contributed by atoms with Gasteiger partial charge in [-0.05, 0) is 50.8 Å². The summed E-state index contributed by atoms with van der Waals surface area (Å²) in [6.45, 7) is 5.65. The van der Waals surface area contributed by atoms with Gasteiger partial charge in [0.25, 0.3) is 5.91 Å². The summed E-state index contributed by atoms with van der Waals surface area (Å²) in [5.41, 5.74) is 0.741. The van der Waals surface area contributed by atoms with Gasteiger partial charge in [0, 0.05) is 13.0 Å². The summed E-state index contributed by atoms with van der Waals surface area (Å²) in [6, 6.07) is 16.4. The lowest BCUT2D eigenvalue weighted by molar-refractivity contribution is -0.144. The van der Waals surface area contributed by atoms with Crippen LogP contribution in [0.1, 0.15) is 44.7 Å². The topological polar surface area (TPSA) is 114 Å². The quantitative estimate of drug-likeness (QED) is 0.406. The molecule has 9 nitrogen and oxygen atoms in total. The highest BCUT2D eigenvalue weighted by molar-refractivity contribution is 6.03. The number of methoxy groups -OCH3 is 1. The first-order valence-electron chi connectivity index (χ1n) is 12.6. The molecule has 3 rings (SSSR count). The number of nitrogens with one attached hydrogen (secondary N) is 2. The van der Waals surface area contributed by atoms with E-state index in [2.05, 4.69) is 10.6 Å². The van der Waals surface area contributed by atoms with Crippen molar-refractivity contribution in [2.75, 3.05) is 13.7 Å². The van der Waals surface area contributed by atoms with Crippen LogP contribution in [0.2, 0.25) is 0 Å². The predicted molar refractivity (Wildman–Crippen MR) is 143 cm³/mol. The third-order valence-electron chi connectivity index (χ3n) is 5.87. The van der Waals surface area contributed by atoms with Crippen molar-refractivity contribution in [1.82, 2.24) is 15.5 Å². The number of likely N-dealkylation sites (tertiary alicyclic amines) is 1. The van der Waals surface area contributed by atoms with Gasteiger partial charge < -0.3 is 20.1 Å². The molecule has 1 aliphatic rings. The van der Waals surface area contributed by atoms with E-state index in [-0.39, 0.29) is 12.1 Å². The van der Waals surface area contributed by atoms with Crippen molar-refractivity contribution in [3.05, 3.63) is 77.5 Å². The summed E-state index contributed by atoms with van der Waals surface area (Å²) >= 11 is 0. The summed E-state index contributed by atoms with van der Waals surface area (Å²) in [5.74, 6) is -1.78. The number of carbonyl (C=O) groups is 4. The molecule has 1 aliphatic heterocycles. The second-order valence-electron chi connectivity index (χ2n) is 10.0. The van der Waals surface area contributed by atoms with Gasteiger partial charge in [0.2, 0.25) is 5.91 Å². The number of hydrogen-bond acceptors (Lipinski definition) is 6. The molecule has 2 aromatic rings. The Balaban J connectivity index is 1.82. The molecule has 0 bridgehead atoms. The maximum Gasteiger partial charge on any atom is 0.410 e. The second kappa shape index (κ2) is 12.9. The van der Waals surface area contributed by atoms with Crippen molar-refractivity contribution in [3.8, 4) is 0 Å². The number of amides is 3. The van der Waals surface area contributed by atoms with E-state index in [1.165, 1.54) is 18.1 Å². The number of hydrogen-bond donors (Lipinski definition) is 2. The van der Waals surface area contributed by atoms with Crippen LogP contribution in [0.25, 0.3) is 6.08 Å². The minimum atomic E-state index is -0.976. The Labute approximate surface area is 223 Å². The fourth-order valence-electron chi connectivity index (χ4n) is 4.09. The highest BCUT2D eigenvalue weighted by Crippen LogP contribution is 2.21. The van der Waals surface area contributed by atoms with Crippen molar-refractivity contribution in [2.45, 2.75) is 57.7 Å². The summed E-state index contributed by atoms with van der Waals surface area (Å²) in [6.07, 6.45) is 2.21. The normalized spacial score (nSPS) is 16.4. The highest BCUT2D eigenvalue weighted by atomic mass is 16.6. The molecule has 0 aliphatic carbocycles. The molecule has 0 radical (unpaired) electrons. The zero-order valence-corrected chi connectivity index (χ0v) is 22.2. The van der Waals surface area contributed by atoms with Crippen LogP contribution >= 0.6 is 0 Å². The first kappa shape index (κ1) is 28.4. The SMILES string of the molecule is COC(=O)[C@H](Cc1ccccc1)NC(=O)/C(=C/c1ccccc1)NC(=O)[C@@H]1CCCN1C(=O)OC(C)(C)C. The van der Waals surface area contributed by atoms with Gasteiger partial charge in [-0.2, -0.15) is 0 Å². The first-order chi connectivity index (χ1) is 18.1. The Morgan fingerprint density at radius 1 is 1.03 bits per heavy atom. The van der Waals surface area contributed by atoms with E-state index in [0.717, 1.165) is 5.56 Å². The average molecular weight is 522 g/mol. The molecule has 2 N–H and O–H groups in total. The van der Waals surface area contributed by atoms with Crippen molar-refractivity contribution >= 4 is 30.0 Å². The van der Waals surface area contributed by atoms with Crippen LogP contribution in [0.5, 0.6) is 0 Å². The van der Waals surface area contributed by atoms with Gasteiger partial charge in [0.1, 0.15) is 23.4 Å². The Morgan fingerprint density at radius 3 is 2.26 bits per heavy atom. The molecule has 9 heteroatoms. The molecule has 3 amide bonds. The second-order valence-corrected chi connectivity index (χ2v) is 10.0. The Kier molecular flexibility index (Phi) is 9.65. The minimum Gasteiger partial charge on any atom is -0.467 e. The minimum absolute atomic E-state index is 0.0563. The number of nitrogens with zero attached hydrogens (tertiary/aromatic N) is 1. The molecule has 38 heavy (non-hydrogen) atoms. The molecule has 1 fully saturated rings. The summed E-state index contributed by atoms with van der Waals surface area (Å²) in [7, 11) is 1.25. The van der Waals surface area contributed by atoms with Crippen molar-refractivity contribution in [2.24, 2.45) is 0 Å². The molecule has 2 aromatic carbocycles. The molecular formula is C29H35N3O6. The van der Waals surface area contributed by atoms with Gasteiger partial charge in [-0.25, -0.2) is 9.59 Å². The molecule has 202 valence electrons. The molecule has 0 spiro atoms. The van der Waals surface area contributed by atoms with Crippen LogP contribution in [0.3, 0.4) is 0 Å². The lowest BCUT2D eigenvalue weighted by Gasteiger charge is -2.28. The van der Waals surface area contributed by atoms with Gasteiger partial charge in [-0.3, -0.25) is 14.5 Å². The Bertz CT molecular complexity index is 1160. The Hall–Kier alpha value is -4.14. The molecule has 0 saturated carbocycles. The maximum atomic E-state index is 13.4. The summed E-state index contributed by atoms with van der Waals surface area (Å²) < 4.78 is 10.4. The number of rotatable bonds is 8. The zero-order chi connectivity index (χ0) is 27.7. The molecule has 0 unspecified atom stereocenters. The first-order valence-corrected chi connectivity index (χ1v) is 12.6. The summed E-state index contributed by atoms with van der Waals surface area (Å²) in [4.78, 5) is 53.3. The number of benzene rings is 2. The van der Waals surface area contributed by atoms with E-state index in [9.17, 15) is 19.2 Å². The number of esters is 1. The van der Waals surface area contributed by atoms with Crippen LogP contribution in [0.15, 0.2) is 66.4 Å². The van der Waals surface area contributed by atoms with Gasteiger partial charge in [-0.15, -0.1) is 0 Å². The van der Waals surface area contributed by atoms with E-state index in [1.54, 1.807) is 45.0 Å².